The van der Waals surface area contributed by atoms with Gasteiger partial charge in [0.15, 0.2) is 5.78 Å². The molecule has 5 unspecified atom stereocenters. The molecule has 3 saturated heterocycles. The summed E-state index contributed by atoms with van der Waals surface area (Å²) >= 11 is 0. The van der Waals surface area contributed by atoms with Crippen LogP contribution in [0, 0.1) is 25.7 Å². The largest absolute Gasteiger partial charge is 0.376 e. The first-order valence-electron chi connectivity index (χ1n) is 12.5. The fourth-order valence-electron chi connectivity index (χ4n) is 6.38. The molecule has 0 N–H and O–H groups in total. The van der Waals surface area contributed by atoms with Crippen molar-refractivity contribution in [3.05, 3.63) is 70.8 Å². The molecule has 0 spiro atoms. The third kappa shape index (κ3) is 3.38. The zero-order valence-electron chi connectivity index (χ0n) is 20.4. The van der Waals surface area contributed by atoms with Crippen molar-refractivity contribution < 1.29 is 19.1 Å². The molecule has 0 saturated carbocycles. The molecule has 4 aliphatic rings. The predicted octanol–water partition coefficient (Wildman–Crippen LogP) is 3.94. The number of imide groups is 1. The Hall–Kier alpha value is -3.25. The maximum Gasteiger partial charge on any atom is 0.235 e. The van der Waals surface area contributed by atoms with Gasteiger partial charge in [-0.2, -0.15) is 0 Å². The summed E-state index contributed by atoms with van der Waals surface area (Å²) in [6.07, 6.45) is 3.76. The van der Waals surface area contributed by atoms with Gasteiger partial charge in [-0.1, -0.05) is 47.5 Å². The molecule has 0 radical (unpaired) electrons. The minimum atomic E-state index is -0.732. The second-order valence-electron chi connectivity index (χ2n) is 10.4. The summed E-state index contributed by atoms with van der Waals surface area (Å²) in [5.74, 6) is -1.81. The zero-order valence-corrected chi connectivity index (χ0v) is 20.4. The van der Waals surface area contributed by atoms with E-state index in [2.05, 4.69) is 17.0 Å². The van der Waals surface area contributed by atoms with Gasteiger partial charge in [0.25, 0.3) is 0 Å². The number of nitrogens with zero attached hydrogens (tertiary/aromatic N) is 2. The van der Waals surface area contributed by atoms with Crippen LogP contribution in [0.15, 0.2) is 48.5 Å². The van der Waals surface area contributed by atoms with Gasteiger partial charge in [0.2, 0.25) is 11.8 Å². The molecule has 5 atom stereocenters. The van der Waals surface area contributed by atoms with E-state index in [1.54, 1.807) is 0 Å². The first kappa shape index (κ1) is 22.2. The van der Waals surface area contributed by atoms with Crippen molar-refractivity contribution in [2.75, 3.05) is 18.1 Å². The highest BCUT2D eigenvalue weighted by Crippen LogP contribution is 2.50. The van der Waals surface area contributed by atoms with Crippen molar-refractivity contribution in [1.82, 2.24) is 4.90 Å². The van der Waals surface area contributed by atoms with Gasteiger partial charge in [-0.15, -0.1) is 0 Å². The third-order valence-electron chi connectivity index (χ3n) is 8.11. The number of aryl methyl sites for hydroxylation is 2. The molecule has 6 nitrogen and oxygen atoms in total. The van der Waals surface area contributed by atoms with Crippen LogP contribution >= 0.6 is 0 Å². The lowest BCUT2D eigenvalue weighted by molar-refractivity contribution is -0.142. The summed E-state index contributed by atoms with van der Waals surface area (Å²) in [6, 6.07) is 12.6. The topological polar surface area (TPSA) is 66.9 Å². The van der Waals surface area contributed by atoms with Crippen LogP contribution in [-0.4, -0.2) is 53.8 Å². The quantitative estimate of drug-likeness (QED) is 0.500. The van der Waals surface area contributed by atoms with Gasteiger partial charge in [-0.3, -0.25) is 19.3 Å². The number of hydrogen-bond donors (Lipinski definition) is 0. The molecule has 6 rings (SSSR count). The number of anilines is 1. The summed E-state index contributed by atoms with van der Waals surface area (Å²) in [7, 11) is 0. The SMILES string of the molecule is CC1=CC2C3C(=O)N(CC4CCCO4)C(=O)C3C(C(=O)c3ccc(C)cc3)N2c2ccc(C)cc21. The Morgan fingerprint density at radius 2 is 1.69 bits per heavy atom. The molecule has 3 fully saturated rings. The van der Waals surface area contributed by atoms with Crippen LogP contribution in [0.4, 0.5) is 5.69 Å². The van der Waals surface area contributed by atoms with Gasteiger partial charge in [0.05, 0.1) is 30.5 Å². The highest BCUT2D eigenvalue weighted by atomic mass is 16.5. The summed E-state index contributed by atoms with van der Waals surface area (Å²) < 4.78 is 5.73. The lowest BCUT2D eigenvalue weighted by Crippen LogP contribution is -2.50. The highest BCUT2D eigenvalue weighted by Gasteiger charge is 2.64. The van der Waals surface area contributed by atoms with E-state index in [4.69, 9.17) is 4.74 Å². The van der Waals surface area contributed by atoms with Crippen molar-refractivity contribution >= 4 is 28.9 Å². The third-order valence-corrected chi connectivity index (χ3v) is 8.11. The number of benzene rings is 2. The lowest BCUT2D eigenvalue weighted by atomic mass is 9.85. The van der Waals surface area contributed by atoms with E-state index in [-0.39, 0.29) is 36.3 Å². The molecule has 4 heterocycles. The van der Waals surface area contributed by atoms with E-state index in [1.165, 1.54) is 4.90 Å². The molecule has 0 aliphatic carbocycles. The van der Waals surface area contributed by atoms with Crippen molar-refractivity contribution in [2.24, 2.45) is 11.8 Å². The maximum absolute atomic E-state index is 14.0. The van der Waals surface area contributed by atoms with Gasteiger partial charge in [-0.25, -0.2) is 0 Å². The number of carbonyl (C=O) groups is 3. The number of Topliss-reactive ketones (excluding diaryl/α,β-unsaturated/α-hetero) is 1. The average Bonchev–Trinajstić information content (AvgIpc) is 3.53. The maximum atomic E-state index is 14.0. The van der Waals surface area contributed by atoms with E-state index < -0.39 is 17.9 Å². The normalized spacial score (nSPS) is 29.2. The molecule has 35 heavy (non-hydrogen) atoms. The predicted molar refractivity (Wildman–Crippen MR) is 133 cm³/mol. The number of hydrogen-bond acceptors (Lipinski definition) is 5. The summed E-state index contributed by atoms with van der Waals surface area (Å²) in [6.45, 7) is 7.02. The number of fused-ring (bicyclic) bond motifs is 5. The van der Waals surface area contributed by atoms with Crippen LogP contribution in [0.2, 0.25) is 0 Å². The number of amides is 2. The van der Waals surface area contributed by atoms with Crippen LogP contribution < -0.4 is 4.90 Å². The Balaban J connectivity index is 1.46. The van der Waals surface area contributed by atoms with Gasteiger partial charge in [0, 0.05) is 23.4 Å². The Morgan fingerprint density at radius 1 is 0.971 bits per heavy atom. The van der Waals surface area contributed by atoms with Crippen LogP contribution in [0.1, 0.15) is 46.8 Å². The van der Waals surface area contributed by atoms with Crippen molar-refractivity contribution in [3.63, 3.8) is 0 Å². The molecule has 0 bridgehead atoms. The second-order valence-corrected chi connectivity index (χ2v) is 10.4. The summed E-state index contributed by atoms with van der Waals surface area (Å²) in [5, 5.41) is 0. The van der Waals surface area contributed by atoms with Crippen LogP contribution in [0.3, 0.4) is 0 Å². The lowest BCUT2D eigenvalue weighted by Gasteiger charge is -2.38. The van der Waals surface area contributed by atoms with E-state index in [0.717, 1.165) is 40.8 Å². The molecule has 2 amide bonds. The molecule has 0 aromatic heterocycles. The first-order valence-corrected chi connectivity index (χ1v) is 12.5. The standard InChI is InChI=1S/C29H30N2O4/c1-16-6-9-19(10-7-16)27(32)26-25-24(28(33)30(29(25)34)15-20-5-4-12-35-20)23-14-18(3)21-13-17(2)8-11-22(21)31(23)26/h6-11,13-14,20,23-26H,4-5,12,15H2,1-3H3. The number of ether oxygens (including phenoxy) is 1. The number of rotatable bonds is 4. The number of allylic oxidation sites excluding steroid dienone is 1. The highest BCUT2D eigenvalue weighted by molar-refractivity contribution is 6.14. The van der Waals surface area contributed by atoms with Gasteiger partial charge in [0.1, 0.15) is 6.04 Å². The summed E-state index contributed by atoms with van der Waals surface area (Å²) in [5.41, 5.74) is 5.81. The monoisotopic (exact) mass is 470 g/mol. The minimum Gasteiger partial charge on any atom is -0.376 e. The average molecular weight is 471 g/mol. The molecule has 2 aromatic carbocycles. The first-order chi connectivity index (χ1) is 16.8. The smallest absolute Gasteiger partial charge is 0.235 e. The molecule has 4 aliphatic heterocycles. The van der Waals surface area contributed by atoms with E-state index >= 15 is 0 Å². The van der Waals surface area contributed by atoms with Crippen LogP contribution in [0.5, 0.6) is 0 Å². The van der Waals surface area contributed by atoms with Gasteiger partial charge < -0.3 is 9.64 Å². The number of likely N-dealkylation sites (tertiary alicyclic amines) is 1. The molecular formula is C29H30N2O4. The molecule has 2 aromatic rings. The van der Waals surface area contributed by atoms with E-state index in [9.17, 15) is 14.4 Å². The summed E-state index contributed by atoms with van der Waals surface area (Å²) in [4.78, 5) is 45.1. The van der Waals surface area contributed by atoms with Gasteiger partial charge in [-0.05, 0) is 51.3 Å². The van der Waals surface area contributed by atoms with Crippen LogP contribution in [-0.2, 0) is 14.3 Å². The Labute approximate surface area is 205 Å². The Bertz CT molecular complexity index is 1260. The number of ketones is 1. The molecule has 180 valence electrons. The van der Waals surface area contributed by atoms with Crippen molar-refractivity contribution in [2.45, 2.75) is 51.8 Å². The van der Waals surface area contributed by atoms with Crippen molar-refractivity contribution in [3.8, 4) is 0 Å². The van der Waals surface area contributed by atoms with Gasteiger partial charge >= 0.3 is 0 Å². The van der Waals surface area contributed by atoms with E-state index in [1.807, 2.05) is 57.2 Å². The van der Waals surface area contributed by atoms with Crippen molar-refractivity contribution in [1.29, 1.82) is 0 Å². The van der Waals surface area contributed by atoms with Crippen LogP contribution in [0.25, 0.3) is 5.57 Å². The Kier molecular flexibility index (Phi) is 5.18. The second kappa shape index (κ2) is 8.16. The van der Waals surface area contributed by atoms with E-state index in [0.29, 0.717) is 12.2 Å². The fraction of sp³-hybridized carbons (Fsp3) is 0.414. The Morgan fingerprint density at radius 3 is 2.40 bits per heavy atom. The number of carbonyl (C=O) groups excluding carboxylic acids is 3. The fourth-order valence-corrected chi connectivity index (χ4v) is 6.38. The zero-order chi connectivity index (χ0) is 24.4. The minimum absolute atomic E-state index is 0.109. The molecule has 6 heteroatoms. The molecular weight excluding hydrogens is 440 g/mol.